The zero-order valence-electron chi connectivity index (χ0n) is 15.6. The van der Waals surface area contributed by atoms with E-state index in [0.717, 1.165) is 0 Å². The quantitative estimate of drug-likeness (QED) is 0.540. The molecule has 2 N–H and O–H groups in total. The molecule has 144 valence electrons. The van der Waals surface area contributed by atoms with Crippen LogP contribution in [0.1, 0.15) is 18.9 Å². The predicted molar refractivity (Wildman–Crippen MR) is 104 cm³/mol. The first-order valence-electron chi connectivity index (χ1n) is 8.39. The summed E-state index contributed by atoms with van der Waals surface area (Å²) in [5.41, 5.74) is 3.54. The van der Waals surface area contributed by atoms with Crippen LogP contribution in [0.25, 0.3) is 0 Å². The zero-order valence-corrected chi connectivity index (χ0v) is 15.6. The fourth-order valence-corrected chi connectivity index (χ4v) is 2.19. The first-order valence-corrected chi connectivity index (χ1v) is 8.39. The first kappa shape index (κ1) is 20.5. The number of benzene rings is 2. The Balaban J connectivity index is 1.80. The molecular formula is C20H20N4O4. The summed E-state index contributed by atoms with van der Waals surface area (Å²) in [6.07, 6.45) is -0.0310. The number of carbonyl (C=O) groups excluding carboxylic acids is 2. The van der Waals surface area contributed by atoms with Gasteiger partial charge in [-0.1, -0.05) is 18.2 Å². The number of nitriles is 1. The summed E-state index contributed by atoms with van der Waals surface area (Å²) in [5, 5.41) is 15.6. The maximum atomic E-state index is 12.1. The molecule has 0 atom stereocenters. The molecule has 0 saturated carbocycles. The standard InChI is InChI=1S/C20H20N4O4/c1-14(10-19(25)22-18-9-4-3-6-15(18)12-21)23-24-20(26)13-28-17-8-5-7-16(11-17)27-2/h3-9,11H,10,13H2,1-2H3,(H,22,25)(H,24,26). The number of rotatable bonds is 8. The summed E-state index contributed by atoms with van der Waals surface area (Å²) >= 11 is 0. The van der Waals surface area contributed by atoms with Crippen LogP contribution in [-0.2, 0) is 9.59 Å². The summed E-state index contributed by atoms with van der Waals surface area (Å²) in [4.78, 5) is 23.9. The highest BCUT2D eigenvalue weighted by Gasteiger charge is 2.08. The van der Waals surface area contributed by atoms with Crippen molar-refractivity contribution in [2.75, 3.05) is 19.0 Å². The zero-order chi connectivity index (χ0) is 20.4. The summed E-state index contributed by atoms with van der Waals surface area (Å²) in [5.74, 6) is 0.310. The van der Waals surface area contributed by atoms with Crippen LogP contribution in [0.4, 0.5) is 5.69 Å². The van der Waals surface area contributed by atoms with Crippen molar-refractivity contribution in [3.05, 3.63) is 54.1 Å². The largest absolute Gasteiger partial charge is 0.497 e. The lowest BCUT2D eigenvalue weighted by molar-refractivity contribution is -0.123. The third kappa shape index (κ3) is 6.46. The van der Waals surface area contributed by atoms with E-state index in [1.165, 1.54) is 0 Å². The number of carbonyl (C=O) groups is 2. The molecule has 0 spiro atoms. The van der Waals surface area contributed by atoms with Crippen LogP contribution in [-0.4, -0.2) is 31.2 Å². The Morgan fingerprint density at radius 2 is 1.86 bits per heavy atom. The minimum atomic E-state index is -0.461. The fourth-order valence-electron chi connectivity index (χ4n) is 2.19. The number of methoxy groups -OCH3 is 1. The number of amides is 2. The van der Waals surface area contributed by atoms with E-state index >= 15 is 0 Å². The maximum absolute atomic E-state index is 12.1. The van der Waals surface area contributed by atoms with E-state index in [1.807, 2.05) is 6.07 Å². The van der Waals surface area contributed by atoms with Gasteiger partial charge in [-0.3, -0.25) is 9.59 Å². The average molecular weight is 380 g/mol. The van der Waals surface area contributed by atoms with Crippen LogP contribution < -0.4 is 20.2 Å². The molecule has 2 rings (SSSR count). The van der Waals surface area contributed by atoms with Crippen LogP contribution in [0.3, 0.4) is 0 Å². The molecule has 28 heavy (non-hydrogen) atoms. The Morgan fingerprint density at radius 1 is 1.11 bits per heavy atom. The Kier molecular flexibility index (Phi) is 7.54. The number of hydrogen-bond acceptors (Lipinski definition) is 6. The van der Waals surface area contributed by atoms with Gasteiger partial charge in [0.15, 0.2) is 6.61 Å². The van der Waals surface area contributed by atoms with Crippen molar-refractivity contribution < 1.29 is 19.1 Å². The molecule has 0 unspecified atom stereocenters. The molecule has 0 aromatic heterocycles. The van der Waals surface area contributed by atoms with E-state index in [9.17, 15) is 9.59 Å². The molecule has 8 nitrogen and oxygen atoms in total. The third-order valence-electron chi connectivity index (χ3n) is 3.52. The summed E-state index contributed by atoms with van der Waals surface area (Å²) in [7, 11) is 1.54. The van der Waals surface area contributed by atoms with Gasteiger partial charge < -0.3 is 14.8 Å². The van der Waals surface area contributed by atoms with Crippen molar-refractivity contribution >= 4 is 23.2 Å². The van der Waals surface area contributed by atoms with Crippen molar-refractivity contribution in [3.8, 4) is 17.6 Å². The molecule has 2 amide bonds. The molecule has 0 aliphatic heterocycles. The number of hydrogen-bond donors (Lipinski definition) is 2. The molecule has 0 fully saturated rings. The van der Waals surface area contributed by atoms with E-state index in [-0.39, 0.29) is 18.9 Å². The summed E-state index contributed by atoms with van der Waals surface area (Å²) in [6, 6.07) is 15.6. The lowest BCUT2D eigenvalue weighted by Gasteiger charge is -2.08. The molecule has 8 heteroatoms. The topological polar surface area (TPSA) is 113 Å². The van der Waals surface area contributed by atoms with Crippen molar-refractivity contribution in [1.82, 2.24) is 5.43 Å². The Labute approximate surface area is 162 Å². The number of anilines is 1. The summed E-state index contributed by atoms with van der Waals surface area (Å²) in [6.45, 7) is 1.38. The highest BCUT2D eigenvalue weighted by Crippen LogP contribution is 2.18. The third-order valence-corrected chi connectivity index (χ3v) is 3.52. The molecule has 0 bridgehead atoms. The second-order valence-corrected chi connectivity index (χ2v) is 5.73. The second-order valence-electron chi connectivity index (χ2n) is 5.73. The number of nitrogens with one attached hydrogen (secondary N) is 2. The molecule has 2 aromatic carbocycles. The van der Waals surface area contributed by atoms with Gasteiger partial charge >= 0.3 is 0 Å². The monoisotopic (exact) mass is 380 g/mol. The van der Waals surface area contributed by atoms with Gasteiger partial charge in [0.2, 0.25) is 5.91 Å². The predicted octanol–water partition coefficient (Wildman–Crippen LogP) is 2.47. The van der Waals surface area contributed by atoms with Gasteiger partial charge in [-0.2, -0.15) is 10.4 Å². The second kappa shape index (κ2) is 10.3. The molecule has 0 aliphatic carbocycles. The molecule has 2 aromatic rings. The Hall–Kier alpha value is -3.86. The minimum absolute atomic E-state index is 0.0310. The molecule has 0 heterocycles. The number of para-hydroxylation sites is 1. The van der Waals surface area contributed by atoms with Crippen molar-refractivity contribution in [3.63, 3.8) is 0 Å². The smallest absolute Gasteiger partial charge is 0.277 e. The highest BCUT2D eigenvalue weighted by atomic mass is 16.5. The van der Waals surface area contributed by atoms with Gasteiger partial charge in [-0.25, -0.2) is 5.43 Å². The van der Waals surface area contributed by atoms with Crippen LogP contribution in [0.15, 0.2) is 53.6 Å². The van der Waals surface area contributed by atoms with Crippen LogP contribution in [0.2, 0.25) is 0 Å². The van der Waals surface area contributed by atoms with Gasteiger partial charge in [-0.05, 0) is 31.2 Å². The lowest BCUT2D eigenvalue weighted by Crippen LogP contribution is -2.26. The van der Waals surface area contributed by atoms with Crippen molar-refractivity contribution in [2.24, 2.45) is 5.10 Å². The molecule has 0 radical (unpaired) electrons. The van der Waals surface area contributed by atoms with Gasteiger partial charge in [0.25, 0.3) is 5.91 Å². The van der Waals surface area contributed by atoms with Gasteiger partial charge in [0.05, 0.1) is 24.8 Å². The molecule has 0 aliphatic rings. The van der Waals surface area contributed by atoms with Crippen LogP contribution in [0, 0.1) is 11.3 Å². The van der Waals surface area contributed by atoms with Crippen LogP contribution >= 0.6 is 0 Å². The van der Waals surface area contributed by atoms with E-state index in [1.54, 1.807) is 62.6 Å². The first-order chi connectivity index (χ1) is 13.5. The van der Waals surface area contributed by atoms with E-state index < -0.39 is 5.91 Å². The Bertz CT molecular complexity index is 918. The average Bonchev–Trinajstić information content (AvgIpc) is 2.71. The summed E-state index contributed by atoms with van der Waals surface area (Å²) < 4.78 is 10.4. The maximum Gasteiger partial charge on any atom is 0.277 e. The SMILES string of the molecule is COc1cccc(OCC(=O)NN=C(C)CC(=O)Nc2ccccc2C#N)c1. The van der Waals surface area contributed by atoms with Crippen molar-refractivity contribution in [2.45, 2.75) is 13.3 Å². The molecule has 0 saturated heterocycles. The normalized spacial score (nSPS) is 10.5. The lowest BCUT2D eigenvalue weighted by atomic mass is 10.2. The number of hydrazone groups is 1. The van der Waals surface area contributed by atoms with Gasteiger partial charge in [0.1, 0.15) is 17.6 Å². The molecular weight excluding hydrogens is 360 g/mol. The van der Waals surface area contributed by atoms with E-state index in [2.05, 4.69) is 15.8 Å². The Morgan fingerprint density at radius 3 is 2.61 bits per heavy atom. The van der Waals surface area contributed by atoms with E-state index in [0.29, 0.717) is 28.5 Å². The van der Waals surface area contributed by atoms with Gasteiger partial charge in [0, 0.05) is 11.8 Å². The minimum Gasteiger partial charge on any atom is -0.497 e. The van der Waals surface area contributed by atoms with Gasteiger partial charge in [-0.15, -0.1) is 0 Å². The highest BCUT2D eigenvalue weighted by molar-refractivity contribution is 6.06. The van der Waals surface area contributed by atoms with Crippen molar-refractivity contribution in [1.29, 1.82) is 5.26 Å². The van der Waals surface area contributed by atoms with E-state index in [4.69, 9.17) is 14.7 Å². The number of nitrogens with zero attached hydrogens (tertiary/aromatic N) is 2. The number of ether oxygens (including phenoxy) is 2. The fraction of sp³-hybridized carbons (Fsp3) is 0.200. The van der Waals surface area contributed by atoms with Crippen LogP contribution in [0.5, 0.6) is 11.5 Å².